The molecule has 0 amide bonds. The van der Waals surface area contributed by atoms with Gasteiger partial charge >= 0.3 is 0 Å². The summed E-state index contributed by atoms with van der Waals surface area (Å²) in [5.41, 5.74) is 0. The molecule has 1 aliphatic carbocycles. The van der Waals surface area contributed by atoms with E-state index in [9.17, 15) is 0 Å². The van der Waals surface area contributed by atoms with Crippen LogP contribution in [0.5, 0.6) is 0 Å². The predicted octanol–water partition coefficient (Wildman–Crippen LogP) is 2.78. The van der Waals surface area contributed by atoms with E-state index in [0.717, 1.165) is 25.7 Å². The highest BCUT2D eigenvalue weighted by Gasteiger charge is 2.16. The van der Waals surface area contributed by atoms with Crippen LogP contribution < -0.4 is 0 Å². The van der Waals surface area contributed by atoms with Gasteiger partial charge in [-0.3, -0.25) is 0 Å². The summed E-state index contributed by atoms with van der Waals surface area (Å²) in [4.78, 5) is 0. The Morgan fingerprint density at radius 2 is 1.00 bits per heavy atom. The van der Waals surface area contributed by atoms with Crippen molar-refractivity contribution in [2.75, 3.05) is 0 Å². The number of hydrogen-bond acceptors (Lipinski definition) is 0. The molecular formula is C6H10Cl2. The first-order valence-corrected chi connectivity index (χ1v) is 3.94. The zero-order valence-corrected chi connectivity index (χ0v) is 6.25. The Labute approximate surface area is 60.2 Å². The van der Waals surface area contributed by atoms with Crippen LogP contribution in [-0.2, 0) is 0 Å². The zero-order valence-electron chi connectivity index (χ0n) is 4.74. The first-order chi connectivity index (χ1) is 3.79. The largest absolute Gasteiger partial charge is 0.123 e. The SMILES string of the molecule is Cl[C@H]1CC[C@H](Cl)CC1. The van der Waals surface area contributed by atoms with Crippen LogP contribution in [0.3, 0.4) is 0 Å². The molecule has 0 aromatic heterocycles. The molecule has 8 heavy (non-hydrogen) atoms. The van der Waals surface area contributed by atoms with Crippen LogP contribution in [0.15, 0.2) is 0 Å². The molecular weight excluding hydrogens is 143 g/mol. The predicted molar refractivity (Wildman–Crippen MR) is 37.8 cm³/mol. The molecule has 0 bridgehead atoms. The number of alkyl halides is 2. The summed E-state index contributed by atoms with van der Waals surface area (Å²) in [5, 5.41) is 0.815. The summed E-state index contributed by atoms with van der Waals surface area (Å²) < 4.78 is 0. The van der Waals surface area contributed by atoms with E-state index in [1.807, 2.05) is 0 Å². The van der Waals surface area contributed by atoms with E-state index >= 15 is 0 Å². The van der Waals surface area contributed by atoms with Crippen molar-refractivity contribution < 1.29 is 0 Å². The molecule has 1 fully saturated rings. The summed E-state index contributed by atoms with van der Waals surface area (Å²) in [7, 11) is 0. The van der Waals surface area contributed by atoms with Gasteiger partial charge in [-0.15, -0.1) is 23.2 Å². The van der Waals surface area contributed by atoms with Gasteiger partial charge in [0.05, 0.1) is 0 Å². The lowest BCUT2D eigenvalue weighted by molar-refractivity contribution is 0.518. The van der Waals surface area contributed by atoms with Gasteiger partial charge in [0.2, 0.25) is 0 Å². The smallest absolute Gasteiger partial charge is 0.0337 e. The molecule has 2 heteroatoms. The highest BCUT2D eigenvalue weighted by atomic mass is 35.5. The van der Waals surface area contributed by atoms with Gasteiger partial charge in [-0.25, -0.2) is 0 Å². The van der Waals surface area contributed by atoms with Gasteiger partial charge in [0.25, 0.3) is 0 Å². The molecule has 0 radical (unpaired) electrons. The lowest BCUT2D eigenvalue weighted by Crippen LogP contribution is -2.13. The second-order valence-corrected chi connectivity index (χ2v) is 3.58. The molecule has 0 unspecified atom stereocenters. The van der Waals surface area contributed by atoms with E-state index in [1.165, 1.54) is 0 Å². The van der Waals surface area contributed by atoms with Crippen molar-refractivity contribution in [2.24, 2.45) is 0 Å². The van der Waals surface area contributed by atoms with Gasteiger partial charge in [0.15, 0.2) is 0 Å². The minimum Gasteiger partial charge on any atom is -0.123 e. The fraction of sp³-hybridized carbons (Fsp3) is 1.00. The zero-order chi connectivity index (χ0) is 5.98. The van der Waals surface area contributed by atoms with E-state index in [2.05, 4.69) is 0 Å². The van der Waals surface area contributed by atoms with Crippen LogP contribution in [0.1, 0.15) is 25.7 Å². The fourth-order valence-corrected chi connectivity index (χ4v) is 1.52. The Bertz CT molecular complexity index is 54.9. The Morgan fingerprint density at radius 3 is 1.25 bits per heavy atom. The minimum absolute atomic E-state index is 0.407. The van der Waals surface area contributed by atoms with E-state index < -0.39 is 0 Å². The van der Waals surface area contributed by atoms with Crippen molar-refractivity contribution >= 4 is 23.2 Å². The summed E-state index contributed by atoms with van der Waals surface area (Å²) in [6.07, 6.45) is 4.43. The van der Waals surface area contributed by atoms with Gasteiger partial charge in [-0.05, 0) is 25.7 Å². The van der Waals surface area contributed by atoms with Crippen molar-refractivity contribution in [3.8, 4) is 0 Å². The van der Waals surface area contributed by atoms with Crippen LogP contribution in [0, 0.1) is 0 Å². The molecule has 0 aromatic rings. The molecule has 0 nitrogen and oxygen atoms in total. The lowest BCUT2D eigenvalue weighted by Gasteiger charge is -2.19. The van der Waals surface area contributed by atoms with Crippen molar-refractivity contribution in [2.45, 2.75) is 36.4 Å². The highest BCUT2D eigenvalue weighted by molar-refractivity contribution is 6.22. The van der Waals surface area contributed by atoms with Gasteiger partial charge < -0.3 is 0 Å². The first kappa shape index (κ1) is 6.70. The third kappa shape index (κ3) is 1.83. The third-order valence-corrected chi connectivity index (χ3v) is 2.46. The Morgan fingerprint density at radius 1 is 0.750 bits per heavy atom. The Kier molecular flexibility index (Phi) is 2.45. The molecule has 1 saturated carbocycles. The Hall–Kier alpha value is 0.580. The van der Waals surface area contributed by atoms with Crippen molar-refractivity contribution in [1.82, 2.24) is 0 Å². The highest BCUT2D eigenvalue weighted by Crippen LogP contribution is 2.25. The molecule has 0 N–H and O–H groups in total. The summed E-state index contributed by atoms with van der Waals surface area (Å²) in [5.74, 6) is 0. The first-order valence-electron chi connectivity index (χ1n) is 3.07. The molecule has 1 rings (SSSR count). The average Bonchev–Trinajstić information content (AvgIpc) is 1.77. The maximum atomic E-state index is 5.82. The van der Waals surface area contributed by atoms with Crippen molar-refractivity contribution in [3.05, 3.63) is 0 Å². The van der Waals surface area contributed by atoms with Crippen molar-refractivity contribution in [1.29, 1.82) is 0 Å². The van der Waals surface area contributed by atoms with Crippen LogP contribution in [0.25, 0.3) is 0 Å². The monoisotopic (exact) mass is 152 g/mol. The second kappa shape index (κ2) is 2.93. The average molecular weight is 153 g/mol. The van der Waals surface area contributed by atoms with E-state index in [-0.39, 0.29) is 0 Å². The van der Waals surface area contributed by atoms with Gasteiger partial charge in [-0.1, -0.05) is 0 Å². The molecule has 0 aliphatic heterocycles. The molecule has 48 valence electrons. The number of rotatable bonds is 0. The maximum Gasteiger partial charge on any atom is 0.0337 e. The van der Waals surface area contributed by atoms with E-state index in [0.29, 0.717) is 10.8 Å². The number of hydrogen-bond donors (Lipinski definition) is 0. The normalized spacial score (nSPS) is 39.8. The van der Waals surface area contributed by atoms with Crippen molar-refractivity contribution in [3.63, 3.8) is 0 Å². The van der Waals surface area contributed by atoms with Crippen LogP contribution in [0.4, 0.5) is 0 Å². The standard InChI is InChI=1S/C6H10Cl2/c7-5-1-2-6(8)4-3-5/h5-6H,1-4H2/t5-,6-. The van der Waals surface area contributed by atoms with Gasteiger partial charge in [-0.2, -0.15) is 0 Å². The molecule has 0 heterocycles. The maximum absolute atomic E-state index is 5.82. The molecule has 0 atom stereocenters. The number of halogens is 2. The van der Waals surface area contributed by atoms with Crippen LogP contribution in [-0.4, -0.2) is 10.8 Å². The Balaban J connectivity index is 2.19. The molecule has 1 aliphatic rings. The minimum atomic E-state index is 0.407. The van der Waals surface area contributed by atoms with Crippen LogP contribution >= 0.6 is 23.2 Å². The van der Waals surface area contributed by atoms with E-state index in [1.54, 1.807) is 0 Å². The topological polar surface area (TPSA) is 0 Å². The third-order valence-electron chi connectivity index (χ3n) is 1.59. The lowest BCUT2D eigenvalue weighted by atomic mass is 10.00. The molecule has 0 saturated heterocycles. The summed E-state index contributed by atoms with van der Waals surface area (Å²) >= 11 is 11.6. The second-order valence-electron chi connectivity index (χ2n) is 2.35. The summed E-state index contributed by atoms with van der Waals surface area (Å²) in [6, 6.07) is 0. The van der Waals surface area contributed by atoms with Gasteiger partial charge in [0.1, 0.15) is 0 Å². The fourth-order valence-electron chi connectivity index (χ4n) is 1.01. The van der Waals surface area contributed by atoms with Crippen LogP contribution in [0.2, 0.25) is 0 Å². The summed E-state index contributed by atoms with van der Waals surface area (Å²) in [6.45, 7) is 0. The van der Waals surface area contributed by atoms with Gasteiger partial charge in [0, 0.05) is 10.8 Å². The molecule has 0 spiro atoms. The quantitative estimate of drug-likeness (QED) is 0.469. The van der Waals surface area contributed by atoms with E-state index in [4.69, 9.17) is 23.2 Å². The molecule has 0 aromatic carbocycles.